The first-order valence-electron chi connectivity index (χ1n) is 4.42. The van der Waals surface area contributed by atoms with E-state index in [9.17, 15) is 0 Å². The van der Waals surface area contributed by atoms with E-state index in [0.29, 0.717) is 0 Å². The standard InChI is InChI=1S/C11H14N2/c1-3-4-8-12-10(2)11-7-5-6-9-13-11/h1,5-7,9-10,12H,4,8H2,2H3/t10-/m0/s1. The van der Waals surface area contributed by atoms with Crippen LogP contribution >= 0.6 is 0 Å². The summed E-state index contributed by atoms with van der Waals surface area (Å²) in [6.45, 7) is 2.92. The van der Waals surface area contributed by atoms with Gasteiger partial charge >= 0.3 is 0 Å². The van der Waals surface area contributed by atoms with Gasteiger partial charge in [-0.05, 0) is 19.1 Å². The van der Waals surface area contributed by atoms with E-state index >= 15 is 0 Å². The Balaban J connectivity index is 2.41. The summed E-state index contributed by atoms with van der Waals surface area (Å²) in [5.41, 5.74) is 1.06. The lowest BCUT2D eigenvalue weighted by molar-refractivity contribution is 0.571. The van der Waals surface area contributed by atoms with Crippen LogP contribution in [-0.2, 0) is 0 Å². The highest BCUT2D eigenvalue weighted by Gasteiger charge is 2.03. The van der Waals surface area contributed by atoms with Crippen molar-refractivity contribution in [2.45, 2.75) is 19.4 Å². The number of rotatable bonds is 4. The molecule has 2 nitrogen and oxygen atoms in total. The molecule has 0 bridgehead atoms. The Labute approximate surface area is 79.4 Å². The maximum atomic E-state index is 5.15. The van der Waals surface area contributed by atoms with Crippen LogP contribution in [-0.4, -0.2) is 11.5 Å². The Hall–Kier alpha value is -1.33. The third kappa shape index (κ3) is 3.27. The zero-order valence-corrected chi connectivity index (χ0v) is 7.83. The van der Waals surface area contributed by atoms with Gasteiger partial charge in [0.1, 0.15) is 0 Å². The van der Waals surface area contributed by atoms with E-state index in [-0.39, 0.29) is 6.04 Å². The normalized spacial score (nSPS) is 12.0. The quantitative estimate of drug-likeness (QED) is 0.555. The summed E-state index contributed by atoms with van der Waals surface area (Å²) in [6, 6.07) is 6.18. The van der Waals surface area contributed by atoms with Gasteiger partial charge < -0.3 is 5.32 Å². The summed E-state index contributed by atoms with van der Waals surface area (Å²) in [5.74, 6) is 2.59. The summed E-state index contributed by atoms with van der Waals surface area (Å²) in [4.78, 5) is 4.24. The molecule has 1 atom stereocenters. The fourth-order valence-corrected chi connectivity index (χ4v) is 1.10. The average Bonchev–Trinajstić information content (AvgIpc) is 2.19. The van der Waals surface area contributed by atoms with Crippen LogP contribution in [0.15, 0.2) is 24.4 Å². The second-order valence-electron chi connectivity index (χ2n) is 2.88. The first kappa shape index (κ1) is 9.76. The number of nitrogens with one attached hydrogen (secondary N) is 1. The Bertz CT molecular complexity index is 274. The molecule has 1 aromatic heterocycles. The second kappa shape index (κ2) is 5.34. The number of pyridine rings is 1. The molecule has 0 saturated heterocycles. The topological polar surface area (TPSA) is 24.9 Å². The van der Waals surface area contributed by atoms with Crippen molar-refractivity contribution in [1.82, 2.24) is 10.3 Å². The molecule has 0 spiro atoms. The summed E-state index contributed by atoms with van der Waals surface area (Å²) in [5, 5.41) is 3.29. The van der Waals surface area contributed by atoms with Crippen molar-refractivity contribution in [1.29, 1.82) is 0 Å². The lowest BCUT2D eigenvalue weighted by Crippen LogP contribution is -2.20. The number of terminal acetylenes is 1. The van der Waals surface area contributed by atoms with Crippen LogP contribution in [0.1, 0.15) is 25.1 Å². The molecule has 1 rings (SSSR count). The molecular weight excluding hydrogens is 160 g/mol. The van der Waals surface area contributed by atoms with Crippen molar-refractivity contribution < 1.29 is 0 Å². The molecule has 0 unspecified atom stereocenters. The van der Waals surface area contributed by atoms with Gasteiger partial charge in [0.05, 0.1) is 5.69 Å². The van der Waals surface area contributed by atoms with E-state index in [1.165, 1.54) is 0 Å². The smallest absolute Gasteiger partial charge is 0.0570 e. The van der Waals surface area contributed by atoms with Gasteiger partial charge in [0.15, 0.2) is 0 Å². The van der Waals surface area contributed by atoms with E-state index in [2.05, 4.69) is 23.1 Å². The highest BCUT2D eigenvalue weighted by atomic mass is 14.9. The van der Waals surface area contributed by atoms with Gasteiger partial charge in [0.25, 0.3) is 0 Å². The monoisotopic (exact) mass is 174 g/mol. The third-order valence-corrected chi connectivity index (χ3v) is 1.85. The molecule has 1 N–H and O–H groups in total. The number of hydrogen-bond acceptors (Lipinski definition) is 2. The van der Waals surface area contributed by atoms with Crippen LogP contribution in [0.4, 0.5) is 0 Å². The molecule has 0 aliphatic carbocycles. The molecule has 1 aromatic rings. The molecule has 0 amide bonds. The van der Waals surface area contributed by atoms with Crippen LogP contribution in [0, 0.1) is 12.3 Å². The SMILES string of the molecule is C#CCCN[C@@H](C)c1ccccn1. The Morgan fingerprint density at radius 2 is 2.46 bits per heavy atom. The van der Waals surface area contributed by atoms with Crippen LogP contribution in [0.5, 0.6) is 0 Å². The van der Waals surface area contributed by atoms with Gasteiger partial charge in [-0.3, -0.25) is 4.98 Å². The molecule has 0 aliphatic rings. The van der Waals surface area contributed by atoms with E-state index in [4.69, 9.17) is 6.42 Å². The predicted molar refractivity (Wildman–Crippen MR) is 54.1 cm³/mol. The van der Waals surface area contributed by atoms with Crippen molar-refractivity contribution >= 4 is 0 Å². The second-order valence-corrected chi connectivity index (χ2v) is 2.88. The molecule has 0 radical (unpaired) electrons. The van der Waals surface area contributed by atoms with Crippen LogP contribution < -0.4 is 5.32 Å². The molecular formula is C11H14N2. The van der Waals surface area contributed by atoms with Gasteiger partial charge in [-0.15, -0.1) is 12.3 Å². The summed E-state index contributed by atoms with van der Waals surface area (Å²) >= 11 is 0. The fraction of sp³-hybridized carbons (Fsp3) is 0.364. The van der Waals surface area contributed by atoms with Crippen molar-refractivity contribution in [2.24, 2.45) is 0 Å². The van der Waals surface area contributed by atoms with Crippen LogP contribution in [0.25, 0.3) is 0 Å². The first-order valence-corrected chi connectivity index (χ1v) is 4.42. The number of nitrogens with zero attached hydrogens (tertiary/aromatic N) is 1. The van der Waals surface area contributed by atoms with Crippen molar-refractivity contribution in [3.63, 3.8) is 0 Å². The minimum absolute atomic E-state index is 0.273. The first-order chi connectivity index (χ1) is 6.34. The summed E-state index contributed by atoms with van der Waals surface area (Å²) < 4.78 is 0. The Kier molecular flexibility index (Phi) is 4.01. The zero-order chi connectivity index (χ0) is 9.52. The minimum atomic E-state index is 0.273. The van der Waals surface area contributed by atoms with E-state index in [1.807, 2.05) is 18.2 Å². The third-order valence-electron chi connectivity index (χ3n) is 1.85. The number of aromatic nitrogens is 1. The van der Waals surface area contributed by atoms with Gasteiger partial charge in [0, 0.05) is 25.2 Å². The van der Waals surface area contributed by atoms with Gasteiger partial charge in [-0.1, -0.05) is 6.07 Å². The zero-order valence-electron chi connectivity index (χ0n) is 7.83. The average molecular weight is 174 g/mol. The molecule has 0 aromatic carbocycles. The largest absolute Gasteiger partial charge is 0.308 e. The lowest BCUT2D eigenvalue weighted by atomic mass is 10.2. The molecule has 0 aliphatic heterocycles. The van der Waals surface area contributed by atoms with Crippen molar-refractivity contribution in [3.8, 4) is 12.3 Å². The van der Waals surface area contributed by atoms with Crippen molar-refractivity contribution in [3.05, 3.63) is 30.1 Å². The maximum absolute atomic E-state index is 5.15. The summed E-state index contributed by atoms with van der Waals surface area (Å²) in [6.07, 6.45) is 7.71. The Morgan fingerprint density at radius 1 is 1.62 bits per heavy atom. The van der Waals surface area contributed by atoms with Crippen LogP contribution in [0.3, 0.4) is 0 Å². The van der Waals surface area contributed by atoms with E-state index in [0.717, 1.165) is 18.7 Å². The molecule has 13 heavy (non-hydrogen) atoms. The highest BCUT2D eigenvalue weighted by molar-refractivity contribution is 5.07. The minimum Gasteiger partial charge on any atom is -0.308 e. The van der Waals surface area contributed by atoms with E-state index < -0.39 is 0 Å². The molecule has 2 heteroatoms. The van der Waals surface area contributed by atoms with Gasteiger partial charge in [-0.2, -0.15) is 0 Å². The fourth-order valence-electron chi connectivity index (χ4n) is 1.10. The lowest BCUT2D eigenvalue weighted by Gasteiger charge is -2.11. The molecule has 0 saturated carbocycles. The molecule has 1 heterocycles. The van der Waals surface area contributed by atoms with Crippen molar-refractivity contribution in [2.75, 3.05) is 6.54 Å². The number of hydrogen-bond donors (Lipinski definition) is 1. The van der Waals surface area contributed by atoms with Gasteiger partial charge in [0.2, 0.25) is 0 Å². The Morgan fingerprint density at radius 3 is 3.08 bits per heavy atom. The summed E-state index contributed by atoms with van der Waals surface area (Å²) in [7, 11) is 0. The highest BCUT2D eigenvalue weighted by Crippen LogP contribution is 2.06. The molecule has 0 fully saturated rings. The van der Waals surface area contributed by atoms with Crippen LogP contribution in [0.2, 0.25) is 0 Å². The predicted octanol–water partition coefficient (Wildman–Crippen LogP) is 1.76. The van der Waals surface area contributed by atoms with E-state index in [1.54, 1.807) is 6.20 Å². The van der Waals surface area contributed by atoms with Gasteiger partial charge in [-0.25, -0.2) is 0 Å². The molecule has 68 valence electrons. The maximum Gasteiger partial charge on any atom is 0.0570 e.